The van der Waals surface area contributed by atoms with Crippen molar-refractivity contribution >= 4 is 16.6 Å². The molecule has 0 radical (unpaired) electrons. The molecule has 2 aliphatic heterocycles. The summed E-state index contributed by atoms with van der Waals surface area (Å²) in [6, 6.07) is 13.8. The van der Waals surface area contributed by atoms with Crippen LogP contribution in [-0.2, 0) is 9.47 Å². The highest BCUT2D eigenvalue weighted by Gasteiger charge is 2.27. The van der Waals surface area contributed by atoms with Gasteiger partial charge in [0, 0.05) is 74.7 Å². The number of hydrogen-bond donors (Lipinski definition) is 1. The normalized spacial score (nSPS) is 18.6. The summed E-state index contributed by atoms with van der Waals surface area (Å²) in [5.41, 5.74) is 3.99. The average molecular weight is 508 g/mol. The summed E-state index contributed by atoms with van der Waals surface area (Å²) in [4.78, 5) is 4.97. The van der Waals surface area contributed by atoms with Gasteiger partial charge in [-0.05, 0) is 24.6 Å². The number of halogens is 1. The molecule has 6 rings (SSSR count). The number of H-pyrrole nitrogens is 1. The molecule has 37 heavy (non-hydrogen) atoms. The van der Waals surface area contributed by atoms with Gasteiger partial charge in [-0.2, -0.15) is 5.10 Å². The van der Waals surface area contributed by atoms with Crippen molar-refractivity contribution in [1.82, 2.24) is 20.3 Å². The molecule has 0 amide bonds. The lowest BCUT2D eigenvalue weighted by atomic mass is 10.1. The van der Waals surface area contributed by atoms with E-state index in [2.05, 4.69) is 49.4 Å². The Morgan fingerprint density at radius 1 is 1.08 bits per heavy atom. The van der Waals surface area contributed by atoms with E-state index in [-0.39, 0.29) is 12.4 Å². The van der Waals surface area contributed by atoms with E-state index in [0.29, 0.717) is 40.7 Å². The Morgan fingerprint density at radius 2 is 1.92 bits per heavy atom. The Hall–Kier alpha value is -3.47. The van der Waals surface area contributed by atoms with Gasteiger partial charge >= 0.3 is 0 Å². The SMILES string of the molecule is COCCOc1cc2[nH]nc(-c3cc(-c4ccc(N5CCN([C@@H]6CCOC6)CC5)cc4)no3)c2cc1F. The minimum Gasteiger partial charge on any atom is -0.488 e. The summed E-state index contributed by atoms with van der Waals surface area (Å²) in [6.45, 7) is 6.51. The summed E-state index contributed by atoms with van der Waals surface area (Å²) in [5, 5.41) is 12.1. The van der Waals surface area contributed by atoms with Crippen molar-refractivity contribution in [1.29, 1.82) is 0 Å². The molecule has 2 saturated heterocycles. The number of methoxy groups -OCH3 is 1. The number of nitrogens with zero attached hydrogens (tertiary/aromatic N) is 4. The number of rotatable bonds is 8. The molecule has 1 N–H and O–H groups in total. The molecular weight excluding hydrogens is 477 g/mol. The van der Waals surface area contributed by atoms with Gasteiger partial charge in [-0.25, -0.2) is 4.39 Å². The number of fused-ring (bicyclic) bond motifs is 1. The van der Waals surface area contributed by atoms with Crippen LogP contribution in [0.15, 0.2) is 47.0 Å². The fourth-order valence-electron chi connectivity index (χ4n) is 5.07. The topological polar surface area (TPSA) is 88.9 Å². The summed E-state index contributed by atoms with van der Waals surface area (Å²) in [6.07, 6.45) is 1.14. The van der Waals surface area contributed by atoms with E-state index in [1.54, 1.807) is 13.2 Å². The van der Waals surface area contributed by atoms with Crippen LogP contribution < -0.4 is 9.64 Å². The van der Waals surface area contributed by atoms with Crippen LogP contribution in [0.25, 0.3) is 33.6 Å². The van der Waals surface area contributed by atoms with E-state index in [0.717, 1.165) is 51.4 Å². The lowest BCUT2D eigenvalue weighted by Gasteiger charge is -2.38. The second kappa shape index (κ2) is 10.5. The molecule has 4 heterocycles. The van der Waals surface area contributed by atoms with Crippen LogP contribution in [0.3, 0.4) is 0 Å². The first-order valence-electron chi connectivity index (χ1n) is 12.6. The molecule has 0 aliphatic carbocycles. The van der Waals surface area contributed by atoms with Crippen LogP contribution in [0.1, 0.15) is 6.42 Å². The van der Waals surface area contributed by atoms with Gasteiger partial charge in [0.05, 0.1) is 18.7 Å². The first kappa shape index (κ1) is 23.9. The maximum Gasteiger partial charge on any atom is 0.188 e. The van der Waals surface area contributed by atoms with Crippen molar-refractivity contribution < 1.29 is 23.1 Å². The van der Waals surface area contributed by atoms with Crippen molar-refractivity contribution in [3.05, 3.63) is 48.3 Å². The Balaban J connectivity index is 1.14. The standard InChI is InChI=1S/C27H30FN5O4/c1-34-12-13-36-25-16-24-21(14-22(25)28)27(30-29-24)26-15-23(31-37-26)18-2-4-19(5-3-18)32-7-9-33(10-8-32)20-6-11-35-17-20/h2-5,14-16,20H,6-13,17H2,1H3,(H,29,30)/t20-/m1/s1. The first-order chi connectivity index (χ1) is 18.2. The van der Waals surface area contributed by atoms with Crippen LogP contribution in [0.5, 0.6) is 5.75 Å². The van der Waals surface area contributed by atoms with Gasteiger partial charge in [-0.3, -0.25) is 10.00 Å². The molecule has 0 saturated carbocycles. The van der Waals surface area contributed by atoms with E-state index >= 15 is 0 Å². The predicted molar refractivity (Wildman–Crippen MR) is 137 cm³/mol. The molecule has 194 valence electrons. The van der Waals surface area contributed by atoms with Crippen molar-refractivity contribution in [3.63, 3.8) is 0 Å². The number of nitrogens with one attached hydrogen (secondary N) is 1. The number of hydrogen-bond acceptors (Lipinski definition) is 8. The van der Waals surface area contributed by atoms with Crippen LogP contribution in [0.4, 0.5) is 10.1 Å². The van der Waals surface area contributed by atoms with E-state index in [1.165, 1.54) is 11.8 Å². The quantitative estimate of drug-likeness (QED) is 0.359. The number of aromatic amines is 1. The van der Waals surface area contributed by atoms with Crippen molar-refractivity contribution in [2.24, 2.45) is 0 Å². The molecule has 2 aromatic heterocycles. The van der Waals surface area contributed by atoms with Crippen molar-refractivity contribution in [2.75, 3.05) is 64.6 Å². The molecule has 0 unspecified atom stereocenters. The maximum absolute atomic E-state index is 14.6. The zero-order chi connectivity index (χ0) is 25.2. The Bertz CT molecular complexity index is 1340. The minimum absolute atomic E-state index is 0.145. The van der Waals surface area contributed by atoms with E-state index in [1.807, 2.05) is 6.07 Å². The second-order valence-corrected chi connectivity index (χ2v) is 9.41. The van der Waals surface area contributed by atoms with Gasteiger partial charge in [-0.1, -0.05) is 17.3 Å². The van der Waals surface area contributed by atoms with Gasteiger partial charge in [-0.15, -0.1) is 0 Å². The van der Waals surface area contributed by atoms with Gasteiger partial charge < -0.3 is 23.6 Å². The molecule has 2 aliphatic rings. The molecule has 0 bridgehead atoms. The van der Waals surface area contributed by atoms with E-state index < -0.39 is 5.82 Å². The van der Waals surface area contributed by atoms with Crippen LogP contribution in [0, 0.1) is 5.82 Å². The molecule has 2 aromatic carbocycles. The third-order valence-electron chi connectivity index (χ3n) is 7.17. The second-order valence-electron chi connectivity index (χ2n) is 9.41. The van der Waals surface area contributed by atoms with Crippen molar-refractivity contribution in [3.8, 4) is 28.5 Å². The summed E-state index contributed by atoms with van der Waals surface area (Å²) >= 11 is 0. The van der Waals surface area contributed by atoms with Gasteiger partial charge in [0.15, 0.2) is 17.3 Å². The van der Waals surface area contributed by atoms with E-state index in [9.17, 15) is 4.39 Å². The molecule has 1 atom stereocenters. The Kier molecular flexibility index (Phi) is 6.77. The monoisotopic (exact) mass is 507 g/mol. The summed E-state index contributed by atoms with van der Waals surface area (Å²) in [5.74, 6) is 0.135. The number of aromatic nitrogens is 3. The average Bonchev–Trinajstić information content (AvgIpc) is 3.70. The first-order valence-corrected chi connectivity index (χ1v) is 12.6. The molecule has 2 fully saturated rings. The molecule has 0 spiro atoms. The smallest absolute Gasteiger partial charge is 0.188 e. The van der Waals surface area contributed by atoms with Crippen LogP contribution in [-0.4, -0.2) is 86.0 Å². The lowest BCUT2D eigenvalue weighted by Crippen LogP contribution is -2.50. The van der Waals surface area contributed by atoms with E-state index in [4.69, 9.17) is 18.7 Å². The summed E-state index contributed by atoms with van der Waals surface area (Å²) < 4.78 is 36.2. The van der Waals surface area contributed by atoms with Gasteiger partial charge in [0.25, 0.3) is 0 Å². The molecular formula is C27H30FN5O4. The molecule has 10 heteroatoms. The fourth-order valence-corrected chi connectivity index (χ4v) is 5.07. The molecule has 9 nitrogen and oxygen atoms in total. The van der Waals surface area contributed by atoms with Crippen molar-refractivity contribution in [2.45, 2.75) is 12.5 Å². The Morgan fingerprint density at radius 3 is 2.68 bits per heavy atom. The third-order valence-corrected chi connectivity index (χ3v) is 7.17. The maximum atomic E-state index is 14.6. The zero-order valence-corrected chi connectivity index (χ0v) is 20.8. The van der Waals surface area contributed by atoms with Gasteiger partial charge in [0.1, 0.15) is 18.0 Å². The largest absolute Gasteiger partial charge is 0.488 e. The highest BCUT2D eigenvalue weighted by molar-refractivity contribution is 5.92. The lowest BCUT2D eigenvalue weighted by molar-refractivity contribution is 0.139. The predicted octanol–water partition coefficient (Wildman–Crippen LogP) is 3.96. The highest BCUT2D eigenvalue weighted by Crippen LogP contribution is 2.33. The van der Waals surface area contributed by atoms with Gasteiger partial charge in [0.2, 0.25) is 0 Å². The number of anilines is 1. The summed E-state index contributed by atoms with van der Waals surface area (Å²) in [7, 11) is 1.57. The zero-order valence-electron chi connectivity index (χ0n) is 20.8. The Labute approximate surface area is 214 Å². The minimum atomic E-state index is -0.473. The molecule has 4 aromatic rings. The number of benzene rings is 2. The third kappa shape index (κ3) is 4.92. The van der Waals surface area contributed by atoms with Crippen LogP contribution in [0.2, 0.25) is 0 Å². The number of ether oxygens (including phenoxy) is 3. The number of piperazine rings is 1. The fraction of sp³-hybridized carbons (Fsp3) is 0.407. The highest BCUT2D eigenvalue weighted by atomic mass is 19.1. The van der Waals surface area contributed by atoms with Crippen LogP contribution >= 0.6 is 0 Å².